The highest BCUT2D eigenvalue weighted by Gasteiger charge is 2.17. The summed E-state index contributed by atoms with van der Waals surface area (Å²) in [6.45, 7) is 1.06. The van der Waals surface area contributed by atoms with E-state index >= 15 is 0 Å². The summed E-state index contributed by atoms with van der Waals surface area (Å²) >= 11 is 5.99. The molecule has 0 heterocycles. The number of benzene rings is 3. The standard InChI is InChI=1S/C28H30ClNO4.C2H6O/c29-24-14-12-23(13-15-24)28(33)30(20-8-3-1-2-7-11-27(31)32)25-16-18-26(19-17-25)34-21-22-9-5-4-6-10-22;1-3-2/h4-6,9-10,12-19H,1-3,7-8,11,20-21H2,(H,31,32);1-2H3. The zero-order chi connectivity index (χ0) is 26.9. The van der Waals surface area contributed by atoms with Gasteiger partial charge in [0.1, 0.15) is 12.4 Å². The van der Waals surface area contributed by atoms with Crippen molar-refractivity contribution < 1.29 is 24.2 Å². The summed E-state index contributed by atoms with van der Waals surface area (Å²) in [6, 6.07) is 24.4. The van der Waals surface area contributed by atoms with Crippen molar-refractivity contribution in [2.75, 3.05) is 25.7 Å². The van der Waals surface area contributed by atoms with Crippen LogP contribution in [0.15, 0.2) is 78.9 Å². The first-order chi connectivity index (χ1) is 17.9. The van der Waals surface area contributed by atoms with Gasteiger partial charge in [-0.25, -0.2) is 0 Å². The average molecular weight is 526 g/mol. The van der Waals surface area contributed by atoms with Crippen molar-refractivity contribution in [1.82, 2.24) is 0 Å². The second kappa shape index (κ2) is 17.2. The van der Waals surface area contributed by atoms with E-state index in [1.54, 1.807) is 43.4 Å². The van der Waals surface area contributed by atoms with Crippen LogP contribution in [0.3, 0.4) is 0 Å². The van der Waals surface area contributed by atoms with Crippen LogP contribution in [0, 0.1) is 0 Å². The molecule has 1 N–H and O–H groups in total. The van der Waals surface area contributed by atoms with E-state index in [0.717, 1.165) is 42.7 Å². The molecule has 0 spiro atoms. The summed E-state index contributed by atoms with van der Waals surface area (Å²) in [5, 5.41) is 9.34. The lowest BCUT2D eigenvalue weighted by atomic mass is 10.1. The zero-order valence-corrected chi connectivity index (χ0v) is 22.3. The first kappa shape index (κ1) is 29.9. The highest BCUT2D eigenvalue weighted by molar-refractivity contribution is 6.30. The van der Waals surface area contributed by atoms with Crippen molar-refractivity contribution in [1.29, 1.82) is 0 Å². The van der Waals surface area contributed by atoms with Crippen LogP contribution in [0.5, 0.6) is 5.75 Å². The fourth-order valence-corrected chi connectivity index (χ4v) is 3.76. The van der Waals surface area contributed by atoms with Crippen LogP contribution >= 0.6 is 11.6 Å². The fraction of sp³-hybridized carbons (Fsp3) is 0.333. The van der Waals surface area contributed by atoms with Crippen LogP contribution in [0.2, 0.25) is 5.02 Å². The number of hydrogen-bond acceptors (Lipinski definition) is 4. The number of carboxylic acids is 1. The largest absolute Gasteiger partial charge is 0.489 e. The van der Waals surface area contributed by atoms with Gasteiger partial charge in [0.25, 0.3) is 5.91 Å². The van der Waals surface area contributed by atoms with Gasteiger partial charge in [0.15, 0.2) is 0 Å². The number of halogens is 1. The number of hydrogen-bond donors (Lipinski definition) is 1. The molecule has 0 aliphatic heterocycles. The van der Waals surface area contributed by atoms with E-state index in [4.69, 9.17) is 21.4 Å². The molecular formula is C30H36ClNO5. The maximum Gasteiger partial charge on any atom is 0.303 e. The Hall–Kier alpha value is -3.35. The first-order valence-electron chi connectivity index (χ1n) is 12.4. The third-order valence-corrected chi connectivity index (χ3v) is 5.76. The van der Waals surface area contributed by atoms with E-state index in [-0.39, 0.29) is 12.3 Å². The number of carboxylic acid groups (broad SMARTS) is 1. The molecule has 0 radical (unpaired) electrons. The van der Waals surface area contributed by atoms with Crippen molar-refractivity contribution in [3.8, 4) is 5.75 Å². The molecule has 7 heteroatoms. The topological polar surface area (TPSA) is 76.1 Å². The number of nitrogens with zero attached hydrogens (tertiary/aromatic N) is 1. The van der Waals surface area contributed by atoms with E-state index in [9.17, 15) is 9.59 Å². The summed E-state index contributed by atoms with van der Waals surface area (Å²) < 4.78 is 10.1. The molecular weight excluding hydrogens is 490 g/mol. The van der Waals surface area contributed by atoms with Gasteiger partial charge in [-0.15, -0.1) is 0 Å². The average Bonchev–Trinajstić information content (AvgIpc) is 2.90. The van der Waals surface area contributed by atoms with Crippen LogP contribution in [-0.4, -0.2) is 37.7 Å². The number of carbonyl (C=O) groups is 2. The monoisotopic (exact) mass is 525 g/mol. The minimum Gasteiger partial charge on any atom is -0.489 e. The number of carbonyl (C=O) groups excluding carboxylic acids is 1. The van der Waals surface area contributed by atoms with Crippen molar-refractivity contribution in [3.05, 3.63) is 95.0 Å². The van der Waals surface area contributed by atoms with Gasteiger partial charge in [-0.3, -0.25) is 9.59 Å². The molecule has 0 saturated carbocycles. The van der Waals surface area contributed by atoms with Crippen LogP contribution in [-0.2, 0) is 16.1 Å². The van der Waals surface area contributed by atoms with Crippen molar-refractivity contribution in [2.24, 2.45) is 0 Å². The van der Waals surface area contributed by atoms with Crippen LogP contribution in [0.25, 0.3) is 0 Å². The summed E-state index contributed by atoms with van der Waals surface area (Å²) in [4.78, 5) is 25.7. The molecule has 6 nitrogen and oxygen atoms in total. The predicted molar refractivity (Wildman–Crippen MR) is 149 cm³/mol. The highest BCUT2D eigenvalue weighted by Crippen LogP contribution is 2.23. The number of methoxy groups -OCH3 is 1. The van der Waals surface area contributed by atoms with Crippen molar-refractivity contribution >= 4 is 29.2 Å². The summed E-state index contributed by atoms with van der Waals surface area (Å²) in [6.07, 6.45) is 4.49. The summed E-state index contributed by atoms with van der Waals surface area (Å²) in [5.41, 5.74) is 2.47. The first-order valence-corrected chi connectivity index (χ1v) is 12.8. The number of rotatable bonds is 13. The normalized spacial score (nSPS) is 10.2. The highest BCUT2D eigenvalue weighted by atomic mass is 35.5. The van der Waals surface area contributed by atoms with Crippen LogP contribution < -0.4 is 9.64 Å². The third-order valence-electron chi connectivity index (χ3n) is 5.51. The molecule has 0 aromatic heterocycles. The van der Waals surface area contributed by atoms with Gasteiger partial charge in [-0.2, -0.15) is 0 Å². The molecule has 0 fully saturated rings. The maximum atomic E-state index is 13.3. The van der Waals surface area contributed by atoms with E-state index in [1.807, 2.05) is 54.6 Å². The molecule has 0 aliphatic carbocycles. The van der Waals surface area contributed by atoms with Gasteiger partial charge < -0.3 is 19.5 Å². The zero-order valence-electron chi connectivity index (χ0n) is 21.6. The van der Waals surface area contributed by atoms with Gasteiger partial charge in [-0.05, 0) is 66.9 Å². The number of amides is 1. The number of anilines is 1. The summed E-state index contributed by atoms with van der Waals surface area (Å²) in [7, 11) is 3.25. The molecule has 1 amide bonds. The van der Waals surface area contributed by atoms with Crippen molar-refractivity contribution in [2.45, 2.75) is 45.1 Å². The molecule has 3 rings (SSSR count). The molecule has 3 aromatic carbocycles. The Kier molecular flexibility index (Phi) is 13.9. The number of aliphatic carboxylic acids is 1. The number of unbranched alkanes of at least 4 members (excludes halogenated alkanes) is 4. The smallest absolute Gasteiger partial charge is 0.303 e. The molecule has 0 saturated heterocycles. The SMILES string of the molecule is COC.O=C(O)CCCCCCCN(C(=O)c1ccc(Cl)cc1)c1ccc(OCc2ccccc2)cc1. The summed E-state index contributed by atoms with van der Waals surface area (Å²) in [5.74, 6) is -0.0960. The molecule has 0 aliphatic rings. The lowest BCUT2D eigenvalue weighted by Crippen LogP contribution is -2.31. The molecule has 0 bridgehead atoms. The Balaban J connectivity index is 0.00000153. The van der Waals surface area contributed by atoms with Gasteiger partial charge in [-0.1, -0.05) is 61.2 Å². The second-order valence-electron chi connectivity index (χ2n) is 8.55. The van der Waals surface area contributed by atoms with Crippen LogP contribution in [0.4, 0.5) is 5.69 Å². The quantitative estimate of drug-likeness (QED) is 0.238. The fourth-order valence-electron chi connectivity index (χ4n) is 3.64. The van der Waals surface area contributed by atoms with E-state index < -0.39 is 5.97 Å². The Morgan fingerprint density at radius 3 is 2.03 bits per heavy atom. The number of ether oxygens (including phenoxy) is 2. The molecule has 37 heavy (non-hydrogen) atoms. The minimum absolute atomic E-state index is 0.0829. The third kappa shape index (κ3) is 11.5. The lowest BCUT2D eigenvalue weighted by molar-refractivity contribution is -0.137. The second-order valence-corrected chi connectivity index (χ2v) is 8.99. The van der Waals surface area contributed by atoms with E-state index in [2.05, 4.69) is 4.74 Å². The van der Waals surface area contributed by atoms with Gasteiger partial charge in [0, 0.05) is 43.5 Å². The predicted octanol–water partition coefficient (Wildman–Crippen LogP) is 7.25. The minimum atomic E-state index is -0.754. The van der Waals surface area contributed by atoms with E-state index in [0.29, 0.717) is 30.2 Å². The van der Waals surface area contributed by atoms with Gasteiger partial charge >= 0.3 is 5.97 Å². The Labute approximate surface area is 224 Å². The Morgan fingerprint density at radius 2 is 1.41 bits per heavy atom. The van der Waals surface area contributed by atoms with E-state index in [1.165, 1.54) is 0 Å². The molecule has 0 atom stereocenters. The lowest BCUT2D eigenvalue weighted by Gasteiger charge is -2.23. The van der Waals surface area contributed by atoms with Gasteiger partial charge in [0.2, 0.25) is 0 Å². The maximum absolute atomic E-state index is 13.3. The van der Waals surface area contributed by atoms with Crippen molar-refractivity contribution in [3.63, 3.8) is 0 Å². The molecule has 198 valence electrons. The Morgan fingerprint density at radius 1 is 0.811 bits per heavy atom. The van der Waals surface area contributed by atoms with Crippen LogP contribution in [0.1, 0.15) is 54.4 Å². The van der Waals surface area contributed by atoms with Gasteiger partial charge in [0.05, 0.1) is 0 Å². The Bertz CT molecular complexity index is 1060. The molecule has 3 aromatic rings. The molecule has 0 unspecified atom stereocenters.